The highest BCUT2D eigenvalue weighted by atomic mass is 79.9. The van der Waals surface area contributed by atoms with Crippen LogP contribution in [0.3, 0.4) is 0 Å². The van der Waals surface area contributed by atoms with Gasteiger partial charge in [0.2, 0.25) is 0 Å². The lowest BCUT2D eigenvalue weighted by Gasteiger charge is -2.16. The molecular formula is C22H25BrN4O. The van der Waals surface area contributed by atoms with E-state index in [0.29, 0.717) is 6.54 Å². The molecule has 0 radical (unpaired) electrons. The summed E-state index contributed by atoms with van der Waals surface area (Å²) in [5.41, 5.74) is 5.31. The number of nitrogens with zero attached hydrogens (tertiary/aromatic N) is 2. The predicted molar refractivity (Wildman–Crippen MR) is 115 cm³/mol. The highest BCUT2D eigenvalue weighted by Gasteiger charge is 2.15. The van der Waals surface area contributed by atoms with Crippen molar-refractivity contribution < 1.29 is 4.79 Å². The average Bonchev–Trinajstić information content (AvgIpc) is 2.94. The first-order valence-corrected chi connectivity index (χ1v) is 10.1. The number of hydrogen-bond donors (Lipinski definition) is 2. The molecule has 2 amide bonds. The predicted octanol–water partition coefficient (Wildman–Crippen LogP) is 4.87. The number of rotatable bonds is 6. The van der Waals surface area contributed by atoms with Gasteiger partial charge in [-0.3, -0.25) is 4.68 Å². The summed E-state index contributed by atoms with van der Waals surface area (Å²) in [6, 6.07) is 17.8. The van der Waals surface area contributed by atoms with E-state index in [1.54, 1.807) is 0 Å². The van der Waals surface area contributed by atoms with Crippen molar-refractivity contribution in [2.24, 2.45) is 0 Å². The highest BCUT2D eigenvalue weighted by Crippen LogP contribution is 2.22. The van der Waals surface area contributed by atoms with E-state index in [1.165, 1.54) is 5.56 Å². The molecule has 0 spiro atoms. The number of amides is 2. The molecule has 5 nitrogen and oxygen atoms in total. The van der Waals surface area contributed by atoms with Gasteiger partial charge in [-0.1, -0.05) is 64.5 Å². The quantitative estimate of drug-likeness (QED) is 0.574. The summed E-state index contributed by atoms with van der Waals surface area (Å²) in [7, 11) is 0. The molecule has 0 aliphatic carbocycles. The maximum atomic E-state index is 12.4. The number of carbonyl (C=O) groups excluding carboxylic acids is 1. The highest BCUT2D eigenvalue weighted by molar-refractivity contribution is 9.10. The van der Waals surface area contributed by atoms with Crippen molar-refractivity contribution in [1.82, 2.24) is 20.4 Å². The van der Waals surface area contributed by atoms with Crippen LogP contribution >= 0.6 is 15.9 Å². The summed E-state index contributed by atoms with van der Waals surface area (Å²) in [5.74, 6) is 0. The topological polar surface area (TPSA) is 59.0 Å². The molecule has 1 aromatic heterocycles. The van der Waals surface area contributed by atoms with Gasteiger partial charge in [-0.05, 0) is 38.0 Å². The molecule has 3 aromatic rings. The molecule has 1 heterocycles. The Kier molecular flexibility index (Phi) is 6.52. The molecule has 0 unspecified atom stereocenters. The van der Waals surface area contributed by atoms with E-state index >= 15 is 0 Å². The average molecular weight is 441 g/mol. The normalized spacial score (nSPS) is 11.9. The van der Waals surface area contributed by atoms with E-state index in [-0.39, 0.29) is 12.1 Å². The molecule has 0 aliphatic heterocycles. The Balaban J connectivity index is 1.61. The van der Waals surface area contributed by atoms with Gasteiger partial charge >= 0.3 is 6.03 Å². The van der Waals surface area contributed by atoms with Crippen LogP contribution in [0.1, 0.15) is 41.0 Å². The third kappa shape index (κ3) is 4.81. The van der Waals surface area contributed by atoms with Crippen LogP contribution in [0.5, 0.6) is 0 Å². The second-order valence-corrected chi connectivity index (χ2v) is 7.72. The number of aryl methyl sites for hydroxylation is 1. The van der Waals surface area contributed by atoms with E-state index in [0.717, 1.165) is 33.5 Å². The van der Waals surface area contributed by atoms with Gasteiger partial charge < -0.3 is 10.6 Å². The number of nitrogens with one attached hydrogen (secondary N) is 2. The van der Waals surface area contributed by atoms with Crippen LogP contribution < -0.4 is 10.6 Å². The fraction of sp³-hybridized carbons (Fsp3) is 0.273. The zero-order valence-corrected chi connectivity index (χ0v) is 18.0. The minimum absolute atomic E-state index is 0.0985. The monoisotopic (exact) mass is 440 g/mol. The first-order valence-electron chi connectivity index (χ1n) is 9.31. The fourth-order valence-corrected chi connectivity index (χ4v) is 3.85. The van der Waals surface area contributed by atoms with Crippen molar-refractivity contribution in [3.8, 4) is 0 Å². The van der Waals surface area contributed by atoms with Gasteiger partial charge in [0, 0.05) is 22.3 Å². The lowest BCUT2D eigenvalue weighted by atomic mass is 10.1. The summed E-state index contributed by atoms with van der Waals surface area (Å²) >= 11 is 3.53. The molecule has 6 heteroatoms. The molecule has 0 aliphatic rings. The van der Waals surface area contributed by atoms with E-state index in [2.05, 4.69) is 43.8 Å². The Hall–Kier alpha value is -2.60. The van der Waals surface area contributed by atoms with Gasteiger partial charge in [0.05, 0.1) is 18.3 Å². The van der Waals surface area contributed by atoms with Crippen LogP contribution in [0.4, 0.5) is 4.79 Å². The van der Waals surface area contributed by atoms with Crippen molar-refractivity contribution in [2.75, 3.05) is 0 Å². The Labute approximate surface area is 174 Å². The molecule has 3 rings (SSSR count). The Morgan fingerprint density at radius 2 is 1.79 bits per heavy atom. The molecule has 2 N–H and O–H groups in total. The smallest absolute Gasteiger partial charge is 0.315 e. The third-order valence-electron chi connectivity index (χ3n) is 4.85. The van der Waals surface area contributed by atoms with E-state index in [4.69, 9.17) is 0 Å². The maximum Gasteiger partial charge on any atom is 0.315 e. The second kappa shape index (κ2) is 9.06. The molecular weight excluding hydrogens is 416 g/mol. The number of benzene rings is 2. The molecule has 1 atom stereocenters. The first kappa shape index (κ1) is 20.1. The van der Waals surface area contributed by atoms with Crippen LogP contribution in [0, 0.1) is 13.8 Å². The number of hydrogen-bond acceptors (Lipinski definition) is 2. The zero-order valence-electron chi connectivity index (χ0n) is 16.4. The van der Waals surface area contributed by atoms with Crippen LogP contribution in [0.25, 0.3) is 0 Å². The van der Waals surface area contributed by atoms with Crippen LogP contribution in [-0.2, 0) is 13.1 Å². The Bertz CT molecular complexity index is 952. The minimum Gasteiger partial charge on any atom is -0.334 e. The summed E-state index contributed by atoms with van der Waals surface area (Å²) in [5, 5.41) is 10.6. The van der Waals surface area contributed by atoms with Crippen molar-refractivity contribution >= 4 is 22.0 Å². The van der Waals surface area contributed by atoms with Crippen molar-refractivity contribution in [1.29, 1.82) is 0 Å². The first-order chi connectivity index (χ1) is 13.5. The minimum atomic E-state index is -0.196. The molecule has 0 fully saturated rings. The van der Waals surface area contributed by atoms with E-state index in [9.17, 15) is 4.79 Å². The molecule has 0 saturated heterocycles. The number of urea groups is 1. The second-order valence-electron chi connectivity index (χ2n) is 6.86. The Morgan fingerprint density at radius 3 is 2.50 bits per heavy atom. The maximum absolute atomic E-state index is 12.4. The number of aromatic nitrogens is 2. The summed E-state index contributed by atoms with van der Waals surface area (Å²) in [6.07, 6.45) is 0. The fourth-order valence-electron chi connectivity index (χ4n) is 3.22. The SMILES string of the molecule is Cc1nn(Cc2ccccc2)c(C)c1CNC(=O)N[C@@H](C)c1ccccc1Br. The number of carbonyl (C=O) groups is 1. The molecule has 146 valence electrons. The summed E-state index contributed by atoms with van der Waals surface area (Å²) < 4.78 is 2.97. The third-order valence-corrected chi connectivity index (χ3v) is 5.57. The van der Waals surface area contributed by atoms with Gasteiger partial charge in [-0.2, -0.15) is 5.10 Å². The van der Waals surface area contributed by atoms with E-state index in [1.807, 2.05) is 67.9 Å². The Morgan fingerprint density at radius 1 is 1.11 bits per heavy atom. The van der Waals surface area contributed by atoms with Crippen molar-refractivity contribution in [2.45, 2.75) is 39.9 Å². The van der Waals surface area contributed by atoms with Gasteiger partial charge in [0.25, 0.3) is 0 Å². The van der Waals surface area contributed by atoms with Gasteiger partial charge in [0.15, 0.2) is 0 Å². The van der Waals surface area contributed by atoms with E-state index < -0.39 is 0 Å². The lowest BCUT2D eigenvalue weighted by molar-refractivity contribution is 0.237. The largest absolute Gasteiger partial charge is 0.334 e. The van der Waals surface area contributed by atoms with Gasteiger partial charge in [0.1, 0.15) is 0 Å². The number of halogens is 1. The molecule has 2 aromatic carbocycles. The van der Waals surface area contributed by atoms with Gasteiger partial charge in [-0.15, -0.1) is 0 Å². The molecule has 28 heavy (non-hydrogen) atoms. The van der Waals surface area contributed by atoms with Crippen LogP contribution in [-0.4, -0.2) is 15.8 Å². The van der Waals surface area contributed by atoms with Crippen LogP contribution in [0.2, 0.25) is 0 Å². The van der Waals surface area contributed by atoms with Crippen molar-refractivity contribution in [3.63, 3.8) is 0 Å². The summed E-state index contributed by atoms with van der Waals surface area (Å²) in [4.78, 5) is 12.4. The molecule has 0 bridgehead atoms. The standard InChI is InChI=1S/C22H25BrN4O/c1-15(19-11-7-8-12-21(19)23)25-22(28)24-13-20-16(2)26-27(17(20)3)14-18-9-5-4-6-10-18/h4-12,15H,13-14H2,1-3H3,(H2,24,25,28)/t15-/m0/s1. The zero-order chi connectivity index (χ0) is 20.1. The molecule has 0 saturated carbocycles. The van der Waals surface area contributed by atoms with Gasteiger partial charge in [-0.25, -0.2) is 4.79 Å². The summed E-state index contributed by atoms with van der Waals surface area (Å²) in [6.45, 7) is 7.16. The lowest BCUT2D eigenvalue weighted by Crippen LogP contribution is -2.36. The van der Waals surface area contributed by atoms with Crippen molar-refractivity contribution in [3.05, 3.63) is 87.1 Å². The van der Waals surface area contributed by atoms with Crippen LogP contribution in [0.15, 0.2) is 59.1 Å².